The number of amides is 2. The minimum Gasteiger partial charge on any atom is -0.342 e. The van der Waals surface area contributed by atoms with Crippen LogP contribution >= 0.6 is 0 Å². The third-order valence-corrected chi connectivity index (χ3v) is 7.59. The average Bonchev–Trinajstić information content (AvgIpc) is 2.86. The Labute approximate surface area is 205 Å². The van der Waals surface area contributed by atoms with Crippen molar-refractivity contribution in [2.24, 2.45) is 16.8 Å². The van der Waals surface area contributed by atoms with Gasteiger partial charge in [-0.2, -0.15) is 10.5 Å². The maximum absolute atomic E-state index is 13.5. The van der Waals surface area contributed by atoms with Crippen LogP contribution in [-0.4, -0.2) is 76.9 Å². The molecule has 2 amide bonds. The molecule has 3 fully saturated rings. The molecule has 0 saturated carbocycles. The summed E-state index contributed by atoms with van der Waals surface area (Å²) >= 11 is 0. The largest absolute Gasteiger partial charge is 0.342 e. The van der Waals surface area contributed by atoms with Gasteiger partial charge in [-0.05, 0) is 61.8 Å². The first-order valence-corrected chi connectivity index (χ1v) is 12.2. The third kappa shape index (κ3) is 5.08. The zero-order valence-electron chi connectivity index (χ0n) is 20.0. The molecule has 0 unspecified atom stereocenters. The first-order valence-electron chi connectivity index (χ1n) is 12.2. The number of aliphatic imine (C=N–C) groups is 1. The van der Waals surface area contributed by atoms with Gasteiger partial charge in [-0.15, -0.1) is 4.99 Å². The van der Waals surface area contributed by atoms with E-state index in [4.69, 9.17) is 10.5 Å². The molecule has 10 nitrogen and oxygen atoms in total. The van der Waals surface area contributed by atoms with Crippen LogP contribution in [-0.2, 0) is 9.59 Å². The second-order valence-electron chi connectivity index (χ2n) is 9.56. The highest BCUT2D eigenvalue weighted by Crippen LogP contribution is 2.33. The van der Waals surface area contributed by atoms with Crippen LogP contribution in [0, 0.1) is 41.5 Å². The Bertz CT molecular complexity index is 1080. The van der Waals surface area contributed by atoms with Crippen molar-refractivity contribution in [1.82, 2.24) is 20.2 Å². The Morgan fingerprint density at radius 3 is 2.31 bits per heavy atom. The van der Waals surface area contributed by atoms with Gasteiger partial charge in [0.15, 0.2) is 0 Å². The predicted molar refractivity (Wildman–Crippen MR) is 127 cm³/mol. The number of piperidine rings is 2. The summed E-state index contributed by atoms with van der Waals surface area (Å²) in [6, 6.07) is 7.94. The lowest BCUT2D eigenvalue weighted by Gasteiger charge is -2.44. The fraction of sp³-hybridized carbons (Fsp3) is 0.560. The van der Waals surface area contributed by atoms with E-state index in [1.807, 2.05) is 46.0 Å². The minimum absolute atomic E-state index is 0.0593. The summed E-state index contributed by atoms with van der Waals surface area (Å²) in [4.78, 5) is 35.8. The first-order chi connectivity index (χ1) is 17.0. The molecule has 10 heteroatoms. The number of guanidine groups is 1. The van der Waals surface area contributed by atoms with Gasteiger partial charge in [-0.25, -0.2) is 5.48 Å². The lowest BCUT2D eigenvalue weighted by molar-refractivity contribution is -0.148. The van der Waals surface area contributed by atoms with E-state index in [1.54, 1.807) is 5.48 Å². The highest BCUT2D eigenvalue weighted by atomic mass is 16.5. The van der Waals surface area contributed by atoms with Gasteiger partial charge in [0.05, 0.1) is 23.5 Å². The van der Waals surface area contributed by atoms with E-state index in [0.717, 1.165) is 37.9 Å². The zero-order valence-corrected chi connectivity index (χ0v) is 20.0. The summed E-state index contributed by atoms with van der Waals surface area (Å²) in [5, 5.41) is 27.6. The summed E-state index contributed by atoms with van der Waals surface area (Å²) in [5.74, 6) is -1.05. The number of rotatable bonds is 3. The van der Waals surface area contributed by atoms with Crippen molar-refractivity contribution in [3.8, 4) is 12.3 Å². The Balaban J connectivity index is 1.42. The standard InChI is InChI=1S/C25H31N7O3/c1-17-13-18(14-26)3-4-20(17)19-5-10-30(11-6-19)24(34)21-7-12-32(15-22(21)23(33)29-35)25(28-16-27)31-8-2-9-31/h3-4,13,19,21-22,35H,2,5-12,15H2,1H3,(H,29,33)/b28-25+/t21-,22-/m0/s1. The van der Waals surface area contributed by atoms with Gasteiger partial charge in [-0.3, -0.25) is 14.8 Å². The number of nitrogens with zero attached hydrogens (tertiary/aromatic N) is 6. The van der Waals surface area contributed by atoms with Crippen molar-refractivity contribution < 1.29 is 14.8 Å². The number of likely N-dealkylation sites (tertiary alicyclic amines) is 3. The summed E-state index contributed by atoms with van der Waals surface area (Å²) < 4.78 is 0. The number of nitriles is 2. The Kier molecular flexibility index (Phi) is 7.52. The number of aryl methyl sites for hydroxylation is 1. The van der Waals surface area contributed by atoms with E-state index in [1.165, 1.54) is 5.56 Å². The SMILES string of the molecule is Cc1cc(C#N)ccc1C1CCN(C(=O)[C@H]2CCN(/C(=N/C#N)N3CCC3)C[C@@H]2C(=O)NO)CC1. The molecular formula is C25H31N7O3. The van der Waals surface area contributed by atoms with E-state index in [2.05, 4.69) is 11.1 Å². The summed E-state index contributed by atoms with van der Waals surface area (Å²) in [5.41, 5.74) is 4.70. The Morgan fingerprint density at radius 2 is 1.74 bits per heavy atom. The van der Waals surface area contributed by atoms with Crippen LogP contribution < -0.4 is 5.48 Å². The molecule has 35 heavy (non-hydrogen) atoms. The topological polar surface area (TPSA) is 136 Å². The molecule has 2 N–H and O–H groups in total. The van der Waals surface area contributed by atoms with Gasteiger partial charge < -0.3 is 14.7 Å². The molecule has 0 radical (unpaired) electrons. The lowest BCUT2D eigenvalue weighted by atomic mass is 9.82. The molecule has 4 rings (SSSR count). The summed E-state index contributed by atoms with van der Waals surface area (Å²) in [6.45, 7) is 5.58. The van der Waals surface area contributed by atoms with Crippen LogP contribution in [0.1, 0.15) is 48.3 Å². The van der Waals surface area contributed by atoms with Crippen molar-refractivity contribution in [3.63, 3.8) is 0 Å². The zero-order chi connectivity index (χ0) is 24.9. The number of hydrogen-bond acceptors (Lipinski definition) is 6. The molecule has 0 aromatic heterocycles. The molecule has 184 valence electrons. The second-order valence-corrected chi connectivity index (χ2v) is 9.56. The van der Waals surface area contributed by atoms with Gasteiger partial charge >= 0.3 is 0 Å². The second kappa shape index (κ2) is 10.7. The summed E-state index contributed by atoms with van der Waals surface area (Å²) in [7, 11) is 0. The van der Waals surface area contributed by atoms with E-state index >= 15 is 0 Å². The van der Waals surface area contributed by atoms with Gasteiger partial charge in [0.2, 0.25) is 24.0 Å². The Hall–Kier alpha value is -3.63. The number of hydroxylamine groups is 1. The molecule has 3 heterocycles. The van der Waals surface area contributed by atoms with Gasteiger partial charge in [0.25, 0.3) is 0 Å². The highest BCUT2D eigenvalue weighted by molar-refractivity contribution is 5.89. The molecule has 1 aromatic carbocycles. The van der Waals surface area contributed by atoms with Crippen LogP contribution in [0.3, 0.4) is 0 Å². The van der Waals surface area contributed by atoms with E-state index in [-0.39, 0.29) is 12.5 Å². The molecule has 0 aliphatic carbocycles. The van der Waals surface area contributed by atoms with E-state index in [9.17, 15) is 14.8 Å². The van der Waals surface area contributed by atoms with Crippen molar-refractivity contribution in [1.29, 1.82) is 10.5 Å². The fourth-order valence-corrected chi connectivity index (χ4v) is 5.53. The average molecular weight is 478 g/mol. The maximum Gasteiger partial charge on any atom is 0.249 e. The molecule has 3 saturated heterocycles. The van der Waals surface area contributed by atoms with Crippen molar-refractivity contribution >= 4 is 17.8 Å². The van der Waals surface area contributed by atoms with Crippen LogP contribution in [0.4, 0.5) is 0 Å². The van der Waals surface area contributed by atoms with Crippen molar-refractivity contribution in [2.45, 2.75) is 38.5 Å². The lowest BCUT2D eigenvalue weighted by Crippen LogP contribution is -2.58. The van der Waals surface area contributed by atoms with Crippen LogP contribution in [0.5, 0.6) is 0 Å². The van der Waals surface area contributed by atoms with E-state index in [0.29, 0.717) is 43.5 Å². The molecular weight excluding hydrogens is 446 g/mol. The van der Waals surface area contributed by atoms with Gasteiger partial charge in [-0.1, -0.05) is 6.07 Å². The molecule has 3 aliphatic rings. The monoisotopic (exact) mass is 477 g/mol. The highest BCUT2D eigenvalue weighted by Gasteiger charge is 2.42. The van der Waals surface area contributed by atoms with E-state index < -0.39 is 17.7 Å². The number of nitrogens with one attached hydrogen (secondary N) is 1. The fourth-order valence-electron chi connectivity index (χ4n) is 5.53. The minimum atomic E-state index is -0.732. The molecule has 3 aliphatic heterocycles. The number of benzene rings is 1. The Morgan fingerprint density at radius 1 is 1.03 bits per heavy atom. The molecule has 0 spiro atoms. The van der Waals surface area contributed by atoms with Crippen molar-refractivity contribution in [2.75, 3.05) is 39.3 Å². The van der Waals surface area contributed by atoms with Crippen LogP contribution in [0.25, 0.3) is 0 Å². The number of carbonyl (C=O) groups excluding carboxylic acids is 2. The first kappa shape index (κ1) is 24.5. The smallest absolute Gasteiger partial charge is 0.249 e. The van der Waals surface area contributed by atoms with Crippen LogP contribution in [0.15, 0.2) is 23.2 Å². The molecule has 1 aromatic rings. The summed E-state index contributed by atoms with van der Waals surface area (Å²) in [6.07, 6.45) is 4.97. The van der Waals surface area contributed by atoms with Gasteiger partial charge in [0, 0.05) is 39.3 Å². The van der Waals surface area contributed by atoms with Gasteiger partial charge in [0.1, 0.15) is 0 Å². The van der Waals surface area contributed by atoms with Crippen molar-refractivity contribution in [3.05, 3.63) is 34.9 Å². The molecule has 0 bridgehead atoms. The third-order valence-electron chi connectivity index (χ3n) is 7.59. The van der Waals surface area contributed by atoms with Crippen LogP contribution in [0.2, 0.25) is 0 Å². The predicted octanol–water partition coefficient (Wildman–Crippen LogP) is 1.56. The number of hydrogen-bond donors (Lipinski definition) is 2. The number of carbonyl (C=O) groups is 2. The normalized spacial score (nSPS) is 23.2. The molecule has 2 atom stereocenters. The quantitative estimate of drug-likeness (QED) is 0.222. The maximum atomic E-state index is 13.5.